The summed E-state index contributed by atoms with van der Waals surface area (Å²) in [4.78, 5) is 90.2. The van der Waals surface area contributed by atoms with Crippen LogP contribution in [-0.2, 0) is 84.8 Å². The first-order valence-corrected chi connectivity index (χ1v) is 39.0. The van der Waals surface area contributed by atoms with Gasteiger partial charge in [0.25, 0.3) is 0 Å². The zero-order valence-corrected chi connectivity index (χ0v) is 67.3. The van der Waals surface area contributed by atoms with Gasteiger partial charge in [0.1, 0.15) is 28.3 Å². The predicted octanol–water partition coefficient (Wildman–Crippen LogP) is 14.0. The number of esters is 2. The highest BCUT2D eigenvalue weighted by Crippen LogP contribution is 2.49. The summed E-state index contributed by atoms with van der Waals surface area (Å²) in [6.07, 6.45) is -0.341. The van der Waals surface area contributed by atoms with E-state index in [1.165, 1.54) is 40.4 Å². The van der Waals surface area contributed by atoms with Crippen LogP contribution >= 0.6 is 23.2 Å². The van der Waals surface area contributed by atoms with Gasteiger partial charge in [-0.3, -0.25) is 39.8 Å². The first-order chi connectivity index (χ1) is 55.9. The summed E-state index contributed by atoms with van der Waals surface area (Å²) >= 11 is 14.2. The van der Waals surface area contributed by atoms with Crippen LogP contribution < -0.4 is 56.2 Å². The lowest BCUT2D eigenvalue weighted by Crippen LogP contribution is -2.43. The highest BCUT2D eigenvalue weighted by atomic mass is 35.5. The molecule has 0 unspecified atom stereocenters. The monoisotopic (exact) mass is 1660 g/mol. The number of anilines is 2. The van der Waals surface area contributed by atoms with Crippen LogP contribution in [0.15, 0.2) is 97.3 Å². The summed E-state index contributed by atoms with van der Waals surface area (Å²) in [7, 11) is 8.25. The number of alkyl halides is 6. The number of benzene rings is 2. The average molecular weight is 1660 g/mol. The Morgan fingerprint density at radius 3 is 1.38 bits per heavy atom. The fourth-order valence-corrected chi connectivity index (χ4v) is 15.9. The number of aromatic nitrogens is 6. The van der Waals surface area contributed by atoms with Gasteiger partial charge in [-0.1, -0.05) is 65.7 Å². The molecule has 2 aliphatic heterocycles. The maximum absolute atomic E-state index is 14.6. The molecule has 620 valence electrons. The van der Waals surface area contributed by atoms with E-state index in [-0.39, 0.29) is 90.5 Å². The number of carbonyl (C=O) groups is 5. The van der Waals surface area contributed by atoms with Crippen molar-refractivity contribution in [2.75, 3.05) is 66.4 Å². The molecule has 117 heavy (non-hydrogen) atoms. The number of carbonyl (C=O) groups excluding carboxylic acids is 5. The Labute approximate surface area is 681 Å². The third-order valence-corrected chi connectivity index (χ3v) is 22.4. The third kappa shape index (κ3) is 18.8. The molecule has 6 aliphatic rings. The number of nitrogens with one attached hydrogen (secondary N) is 7. The molecule has 26 nitrogen and oxygen atoms in total. The Morgan fingerprint density at radius 2 is 0.966 bits per heavy atom. The van der Waals surface area contributed by atoms with E-state index in [1.54, 1.807) is 64.5 Å². The quantitative estimate of drug-likeness (QED) is 0.0136. The van der Waals surface area contributed by atoms with E-state index >= 15 is 0 Å². The van der Waals surface area contributed by atoms with E-state index in [0.717, 1.165) is 57.5 Å². The lowest BCUT2D eigenvalue weighted by atomic mass is 9.98. The molecular formula is C83H90Cl2F6N14O12. The number of fused-ring (bicyclic) bond motifs is 2. The van der Waals surface area contributed by atoms with Crippen LogP contribution in [0.5, 0.6) is 23.5 Å². The minimum atomic E-state index is -4.75. The number of halogens is 8. The minimum absolute atomic E-state index is 0.00820. The second-order valence-electron chi connectivity index (χ2n) is 30.5. The lowest BCUT2D eigenvalue weighted by Gasteiger charge is -2.29. The zero-order chi connectivity index (χ0) is 83.5. The van der Waals surface area contributed by atoms with Crippen molar-refractivity contribution in [3.8, 4) is 68.5 Å². The van der Waals surface area contributed by atoms with Crippen LogP contribution in [0.25, 0.3) is 45.0 Å². The van der Waals surface area contributed by atoms with E-state index in [4.69, 9.17) is 66.3 Å². The average Bonchev–Trinajstić information content (AvgIpc) is 1.71. The molecule has 0 bridgehead atoms. The Bertz CT molecular complexity index is 5100. The zero-order valence-electron chi connectivity index (χ0n) is 65.8. The molecule has 3 amide bonds. The Balaban J connectivity index is 0.000000205. The maximum atomic E-state index is 14.6. The van der Waals surface area contributed by atoms with Crippen LogP contribution in [0.3, 0.4) is 0 Å². The summed E-state index contributed by atoms with van der Waals surface area (Å²) < 4.78 is 125. The van der Waals surface area contributed by atoms with Crippen LogP contribution in [0.2, 0.25) is 10.0 Å². The van der Waals surface area contributed by atoms with E-state index in [0.29, 0.717) is 139 Å². The van der Waals surface area contributed by atoms with Gasteiger partial charge in [0.05, 0.1) is 105 Å². The van der Waals surface area contributed by atoms with Gasteiger partial charge in [-0.25, -0.2) is 14.8 Å². The molecule has 4 fully saturated rings. The molecule has 0 spiro atoms. The minimum Gasteiger partial charge on any atom is -0.481 e. The first-order valence-electron chi connectivity index (χ1n) is 38.3. The van der Waals surface area contributed by atoms with Gasteiger partial charge in [0.2, 0.25) is 35.3 Å². The molecule has 14 rings (SSSR count). The van der Waals surface area contributed by atoms with Crippen LogP contribution in [-0.4, -0.2) is 149 Å². The molecule has 4 atom stereocenters. The Hall–Kier alpha value is -10.7. The van der Waals surface area contributed by atoms with Crippen molar-refractivity contribution in [3.05, 3.63) is 163 Å². The van der Waals surface area contributed by atoms with E-state index in [9.17, 15) is 50.3 Å². The maximum Gasteiger partial charge on any atom is 0.419 e. The normalized spacial score (nSPS) is 18.1. The molecule has 34 heteroatoms. The van der Waals surface area contributed by atoms with E-state index < -0.39 is 70.3 Å². The first kappa shape index (κ1) is 84.3. The smallest absolute Gasteiger partial charge is 0.419 e. The molecule has 8 heterocycles. The third-order valence-electron chi connectivity index (χ3n) is 21.6. The molecule has 7 N–H and O–H groups in total. The van der Waals surface area contributed by atoms with Crippen molar-refractivity contribution in [2.45, 2.75) is 177 Å². The molecule has 2 aromatic carbocycles. The number of amides is 3. The molecule has 2 saturated carbocycles. The fourth-order valence-electron chi connectivity index (χ4n) is 15.3. The van der Waals surface area contributed by atoms with Gasteiger partial charge in [0.15, 0.2) is 0 Å². The topological polar surface area (TPSA) is 315 Å². The Morgan fingerprint density at radius 1 is 0.530 bits per heavy atom. The van der Waals surface area contributed by atoms with Gasteiger partial charge in [-0.2, -0.15) is 36.3 Å². The van der Waals surface area contributed by atoms with Crippen LogP contribution in [0, 0.1) is 0 Å². The summed E-state index contributed by atoms with van der Waals surface area (Å²) in [5.41, 5.74) is 5.37. The van der Waals surface area contributed by atoms with Crippen molar-refractivity contribution in [1.29, 1.82) is 0 Å². The van der Waals surface area contributed by atoms with Gasteiger partial charge >= 0.3 is 30.4 Å². The summed E-state index contributed by atoms with van der Waals surface area (Å²) in [6.45, 7) is 6.66. The Kier molecular flexibility index (Phi) is 25.1. The van der Waals surface area contributed by atoms with Crippen molar-refractivity contribution in [3.63, 3.8) is 0 Å². The van der Waals surface area contributed by atoms with Crippen molar-refractivity contribution in [2.24, 2.45) is 0 Å². The van der Waals surface area contributed by atoms with Crippen LogP contribution in [0.4, 0.5) is 42.8 Å². The van der Waals surface area contributed by atoms with Crippen molar-refractivity contribution >= 4 is 64.7 Å². The van der Waals surface area contributed by atoms with Gasteiger partial charge in [-0.15, -0.1) is 0 Å². The molecule has 2 saturated heterocycles. The fraction of sp³-hybridized carbons (Fsp3) is 0.434. The number of hydrogen-bond acceptors (Lipinski definition) is 23. The van der Waals surface area contributed by atoms with Gasteiger partial charge < -0.3 is 64.6 Å². The number of hydrogen-bond donors (Lipinski definition) is 7. The number of rotatable bonds is 28. The molecule has 4 aliphatic carbocycles. The van der Waals surface area contributed by atoms with E-state index in [1.807, 2.05) is 48.5 Å². The molecule has 0 radical (unpaired) electrons. The lowest BCUT2D eigenvalue weighted by molar-refractivity contribution is -0.145. The summed E-state index contributed by atoms with van der Waals surface area (Å²) in [5.74, 6) is -0.964. The van der Waals surface area contributed by atoms with Crippen molar-refractivity contribution in [1.82, 2.24) is 61.4 Å². The number of pyridine rings is 6. The summed E-state index contributed by atoms with van der Waals surface area (Å²) in [5, 5.41) is 22.1. The predicted molar refractivity (Wildman–Crippen MR) is 422 cm³/mol. The molecular weight excluding hydrogens is 1570 g/mol. The van der Waals surface area contributed by atoms with Gasteiger partial charge in [0, 0.05) is 115 Å². The second-order valence-corrected chi connectivity index (χ2v) is 31.3. The largest absolute Gasteiger partial charge is 0.481 e. The second kappa shape index (κ2) is 34.9. The molecule has 8 aromatic rings. The van der Waals surface area contributed by atoms with Crippen LogP contribution in [0.1, 0.15) is 153 Å². The standard InChI is InChI=1S/C44H49ClF3N7O7.C39H41ClF3N7O5/c1-42(2,3)62-41(58)55(23-26-11-15-34(56)51-26)22-24-10-13-33(53-38(24)59-4)30-16-19-49-36(35(30)45)29-9-7-8-28-27(29)12-14-32(28)52-37-31(44(46,47)48)20-25(39(54-37)60-5)21-50-43(17-18-43)40(57)61-6;1-53-35-21(18-44-20-23-8-12-31(51)47-23)7-10-30(49-35)27-13-16-45-33(32(27)40)26-6-4-5-25-24(26)9-11-29(25)48-34-28(39(41,42)43)17-22(36(50-34)54-2)19-46-38(14-15-38)37(52)55-3/h7-10,13,16,19-20,26,32,50H,11-12,14-15,17-18,21-23H2,1-6H3,(H,51,56)(H,52,54);4-7,10,13,16-17,23,29,44,46H,8-9,11-12,14-15,18-20H2,1-3H3,(H,47,51)(H,48,50)/t26-,32-;23-,29-/m00/s1. The highest BCUT2D eigenvalue weighted by Gasteiger charge is 2.52. The number of methoxy groups -OCH3 is 6. The van der Waals surface area contributed by atoms with Crippen molar-refractivity contribution < 1.29 is 83.5 Å². The number of nitrogens with zero attached hydrogens (tertiary/aromatic N) is 7. The molecule has 6 aromatic heterocycles. The van der Waals surface area contributed by atoms with E-state index in [2.05, 4.69) is 57.2 Å². The number of ether oxygens (including phenoxy) is 7. The summed E-state index contributed by atoms with van der Waals surface area (Å²) in [6, 6.07) is 22.9. The highest BCUT2D eigenvalue weighted by molar-refractivity contribution is 6.36. The van der Waals surface area contributed by atoms with Gasteiger partial charge in [-0.05, 0) is 150 Å². The SMILES string of the molecule is COC(=O)C1(NCc2cc(C(F)(F)F)c(N[C@H]3CCc4c(-c5nccc(-c6ccc(CN(C[C@@H]7CCC(=O)N7)C(=O)OC(C)(C)C)c(OC)n6)c5Cl)cccc43)nc2OC)CC1.COC(=O)C1(NCc2cc(C(F)(F)F)c(N[C@H]3CCc4c(-c5nccc(-c6ccc(CNC[C@@H]7CCC(=O)N7)c(OC)n6)c5Cl)cccc43)nc2OC)CC1.